The molecule has 2 heterocycles. The molecule has 6 nitrogen and oxygen atoms in total. The van der Waals surface area contributed by atoms with Crippen molar-refractivity contribution in [3.8, 4) is 0 Å². The molecule has 2 amide bonds. The Morgan fingerprint density at radius 1 is 1.15 bits per heavy atom. The summed E-state index contributed by atoms with van der Waals surface area (Å²) < 4.78 is 0. The molecule has 2 N–H and O–H groups in total. The third kappa shape index (κ3) is 3.09. The van der Waals surface area contributed by atoms with Gasteiger partial charge in [0, 0.05) is 41.3 Å². The molecule has 26 heavy (non-hydrogen) atoms. The predicted molar refractivity (Wildman–Crippen MR) is 101 cm³/mol. The summed E-state index contributed by atoms with van der Waals surface area (Å²) in [4.78, 5) is 29.4. The molecule has 1 fully saturated rings. The third-order valence-corrected chi connectivity index (χ3v) is 4.56. The maximum absolute atomic E-state index is 12.3. The summed E-state index contributed by atoms with van der Waals surface area (Å²) in [7, 11) is 0. The van der Waals surface area contributed by atoms with E-state index in [9.17, 15) is 9.59 Å². The predicted octanol–water partition coefficient (Wildman–Crippen LogP) is 2.67. The number of carbonyl (C=O) groups excluding carboxylic acids is 2. The zero-order chi connectivity index (χ0) is 17.9. The largest absolute Gasteiger partial charge is 0.361 e. The number of carbonyl (C=O) groups is 2. The third-order valence-electron chi connectivity index (χ3n) is 4.56. The quantitative estimate of drug-likeness (QED) is 0.563. The molecule has 4 rings (SSSR count). The van der Waals surface area contributed by atoms with Gasteiger partial charge < -0.3 is 9.88 Å². The molecule has 1 aromatic heterocycles. The maximum atomic E-state index is 12.3. The second-order valence-corrected chi connectivity index (χ2v) is 6.26. The van der Waals surface area contributed by atoms with Crippen LogP contribution in [-0.2, 0) is 9.59 Å². The highest BCUT2D eigenvalue weighted by atomic mass is 16.2. The van der Waals surface area contributed by atoms with E-state index >= 15 is 0 Å². The van der Waals surface area contributed by atoms with E-state index in [-0.39, 0.29) is 18.2 Å². The Morgan fingerprint density at radius 2 is 1.92 bits per heavy atom. The van der Waals surface area contributed by atoms with Crippen molar-refractivity contribution in [3.05, 3.63) is 66.4 Å². The Balaban J connectivity index is 1.40. The van der Waals surface area contributed by atoms with Crippen LogP contribution in [0.4, 0.5) is 5.69 Å². The number of amides is 2. The van der Waals surface area contributed by atoms with Crippen LogP contribution in [0.1, 0.15) is 12.0 Å². The summed E-state index contributed by atoms with van der Waals surface area (Å²) in [6.45, 7) is 0.372. The number of benzene rings is 2. The minimum absolute atomic E-state index is 0.0445. The molecule has 1 atom stereocenters. The molecular weight excluding hydrogens is 328 g/mol. The Morgan fingerprint density at radius 3 is 2.77 bits per heavy atom. The molecule has 0 spiro atoms. The van der Waals surface area contributed by atoms with Gasteiger partial charge in [0.15, 0.2) is 0 Å². The molecular formula is C20H18N4O2. The molecule has 0 unspecified atom stereocenters. The monoisotopic (exact) mass is 346 g/mol. The van der Waals surface area contributed by atoms with Gasteiger partial charge in [-0.2, -0.15) is 5.10 Å². The highest BCUT2D eigenvalue weighted by molar-refractivity contribution is 6.01. The van der Waals surface area contributed by atoms with E-state index < -0.39 is 5.92 Å². The summed E-state index contributed by atoms with van der Waals surface area (Å²) in [6.07, 6.45) is 3.66. The Kier molecular flexibility index (Phi) is 4.23. The summed E-state index contributed by atoms with van der Waals surface area (Å²) in [5, 5.41) is 5.10. The van der Waals surface area contributed by atoms with Crippen LogP contribution >= 0.6 is 0 Å². The summed E-state index contributed by atoms with van der Waals surface area (Å²) in [6, 6.07) is 17.3. The lowest BCUT2D eigenvalue weighted by atomic mass is 10.1. The molecule has 1 saturated heterocycles. The number of H-pyrrole nitrogens is 1. The number of hydrazone groups is 1. The number of aromatic amines is 1. The Bertz CT molecular complexity index is 978. The van der Waals surface area contributed by atoms with E-state index in [0.29, 0.717) is 6.54 Å². The van der Waals surface area contributed by atoms with Gasteiger partial charge in [0.2, 0.25) is 11.8 Å². The van der Waals surface area contributed by atoms with Gasteiger partial charge in [-0.05, 0) is 18.2 Å². The topological polar surface area (TPSA) is 77.6 Å². The van der Waals surface area contributed by atoms with E-state index in [1.54, 1.807) is 11.1 Å². The van der Waals surface area contributed by atoms with Crippen LogP contribution in [0.25, 0.3) is 10.9 Å². The SMILES string of the molecule is O=C(N/N=C\c1c[nH]c2ccccc12)[C@@H]1CC(=O)N(c2ccccc2)C1. The van der Waals surface area contributed by atoms with Crippen molar-refractivity contribution >= 4 is 34.6 Å². The van der Waals surface area contributed by atoms with E-state index in [2.05, 4.69) is 15.5 Å². The average Bonchev–Trinajstić information content (AvgIpc) is 3.26. The molecule has 0 bridgehead atoms. The van der Waals surface area contributed by atoms with Crippen molar-refractivity contribution in [2.75, 3.05) is 11.4 Å². The number of nitrogens with one attached hydrogen (secondary N) is 2. The Labute approximate surface area is 150 Å². The number of para-hydroxylation sites is 2. The van der Waals surface area contributed by atoms with Gasteiger partial charge in [0.1, 0.15) is 0 Å². The molecule has 0 aliphatic carbocycles. The number of hydrogen-bond acceptors (Lipinski definition) is 3. The number of rotatable bonds is 4. The first-order chi connectivity index (χ1) is 12.7. The molecule has 0 saturated carbocycles. The molecule has 3 aromatic rings. The van der Waals surface area contributed by atoms with Crippen molar-refractivity contribution in [1.29, 1.82) is 0 Å². The van der Waals surface area contributed by atoms with Crippen LogP contribution in [0, 0.1) is 5.92 Å². The molecule has 0 radical (unpaired) electrons. The van der Waals surface area contributed by atoms with Crippen molar-refractivity contribution in [2.24, 2.45) is 11.0 Å². The zero-order valence-electron chi connectivity index (χ0n) is 14.1. The second-order valence-electron chi connectivity index (χ2n) is 6.26. The number of aromatic nitrogens is 1. The van der Waals surface area contributed by atoms with Crippen LogP contribution in [0.15, 0.2) is 65.9 Å². The smallest absolute Gasteiger partial charge is 0.245 e. The summed E-state index contributed by atoms with van der Waals surface area (Å²) in [5.41, 5.74) is 5.28. The van der Waals surface area contributed by atoms with Crippen molar-refractivity contribution in [3.63, 3.8) is 0 Å². The standard InChI is InChI=1S/C20H18N4O2/c25-19-10-14(13-24(19)16-6-2-1-3-7-16)20(26)23-22-12-15-11-21-18-9-5-4-8-17(15)18/h1-9,11-12,14,21H,10,13H2,(H,23,26)/b22-12-/t14-/m1/s1. The maximum Gasteiger partial charge on any atom is 0.245 e. The Hall–Kier alpha value is -3.41. The molecule has 6 heteroatoms. The van der Waals surface area contributed by atoms with E-state index in [1.165, 1.54) is 0 Å². The highest BCUT2D eigenvalue weighted by Gasteiger charge is 2.34. The van der Waals surface area contributed by atoms with Crippen molar-refractivity contribution in [1.82, 2.24) is 10.4 Å². The number of anilines is 1. The van der Waals surface area contributed by atoms with Crippen molar-refractivity contribution in [2.45, 2.75) is 6.42 Å². The second kappa shape index (κ2) is 6.84. The fraction of sp³-hybridized carbons (Fsp3) is 0.150. The molecule has 1 aliphatic rings. The van der Waals surface area contributed by atoms with Crippen LogP contribution in [0.5, 0.6) is 0 Å². The van der Waals surface area contributed by atoms with Gasteiger partial charge in [0.25, 0.3) is 0 Å². The van der Waals surface area contributed by atoms with Gasteiger partial charge in [-0.1, -0.05) is 36.4 Å². The lowest BCUT2D eigenvalue weighted by Gasteiger charge is -2.16. The summed E-state index contributed by atoms with van der Waals surface area (Å²) >= 11 is 0. The molecule has 1 aliphatic heterocycles. The number of hydrogen-bond donors (Lipinski definition) is 2. The van der Waals surface area contributed by atoms with Crippen LogP contribution < -0.4 is 10.3 Å². The first kappa shape index (κ1) is 16.1. The van der Waals surface area contributed by atoms with E-state index in [4.69, 9.17) is 0 Å². The molecule has 130 valence electrons. The first-order valence-corrected chi connectivity index (χ1v) is 8.47. The van der Waals surface area contributed by atoms with E-state index in [0.717, 1.165) is 22.2 Å². The first-order valence-electron chi connectivity index (χ1n) is 8.47. The fourth-order valence-corrected chi connectivity index (χ4v) is 3.20. The fourth-order valence-electron chi connectivity index (χ4n) is 3.20. The lowest BCUT2D eigenvalue weighted by molar-refractivity contribution is -0.126. The highest BCUT2D eigenvalue weighted by Crippen LogP contribution is 2.24. The normalized spacial score (nSPS) is 17.3. The summed E-state index contributed by atoms with van der Waals surface area (Å²) in [5.74, 6) is -0.687. The van der Waals surface area contributed by atoms with Crippen LogP contribution in [0.3, 0.4) is 0 Å². The van der Waals surface area contributed by atoms with E-state index in [1.807, 2.05) is 60.8 Å². The van der Waals surface area contributed by atoms with Gasteiger partial charge in [-0.25, -0.2) is 5.43 Å². The minimum Gasteiger partial charge on any atom is -0.361 e. The van der Waals surface area contributed by atoms with Gasteiger partial charge in [0.05, 0.1) is 12.1 Å². The number of nitrogens with zero attached hydrogens (tertiary/aromatic N) is 2. The van der Waals surface area contributed by atoms with Crippen LogP contribution in [-0.4, -0.2) is 29.6 Å². The molecule has 2 aromatic carbocycles. The average molecular weight is 346 g/mol. The zero-order valence-corrected chi connectivity index (χ0v) is 14.1. The van der Waals surface area contributed by atoms with Gasteiger partial charge >= 0.3 is 0 Å². The van der Waals surface area contributed by atoms with Gasteiger partial charge in [-0.3, -0.25) is 9.59 Å². The lowest BCUT2D eigenvalue weighted by Crippen LogP contribution is -2.30. The van der Waals surface area contributed by atoms with Crippen LogP contribution in [0.2, 0.25) is 0 Å². The van der Waals surface area contributed by atoms with Gasteiger partial charge in [-0.15, -0.1) is 0 Å². The minimum atomic E-state index is -0.400. The number of fused-ring (bicyclic) bond motifs is 1. The van der Waals surface area contributed by atoms with Crippen molar-refractivity contribution < 1.29 is 9.59 Å².